The summed E-state index contributed by atoms with van der Waals surface area (Å²) in [5.74, 6) is 0.902. The molecule has 0 amide bonds. The van der Waals surface area contributed by atoms with Crippen molar-refractivity contribution >= 4 is 11.6 Å². The molecule has 4 rings (SSSR count). The number of amidine groups is 1. The lowest BCUT2D eigenvalue weighted by atomic mass is 9.82. The fourth-order valence-corrected chi connectivity index (χ4v) is 4.19. The lowest BCUT2D eigenvalue weighted by Crippen LogP contribution is -2.39. The molecule has 0 bridgehead atoms. The molecule has 0 radical (unpaired) electrons. The van der Waals surface area contributed by atoms with Crippen LogP contribution in [-0.4, -0.2) is 28.8 Å². The Hall–Kier alpha value is -2.10. The van der Waals surface area contributed by atoms with E-state index in [0.717, 1.165) is 18.4 Å². The van der Waals surface area contributed by atoms with Gasteiger partial charge in [0.1, 0.15) is 11.6 Å². The van der Waals surface area contributed by atoms with E-state index >= 15 is 0 Å². The maximum Gasteiger partial charge on any atom is 0.170 e. The molecule has 3 atom stereocenters. The monoisotopic (exact) mass is 324 g/mol. The Bertz CT molecular complexity index is 718. The number of carbonyl (C=O) groups is 1. The van der Waals surface area contributed by atoms with E-state index in [1.165, 1.54) is 18.4 Å². The first kappa shape index (κ1) is 15.4. The summed E-state index contributed by atoms with van der Waals surface area (Å²) in [6.45, 7) is 2.05. The highest BCUT2D eigenvalue weighted by Crippen LogP contribution is 2.35. The fraction of sp³-hybridized carbons (Fsp3) is 0.500. The number of Topliss-reactive ketones (excluding diaryl/α,β-unsaturated/α-hetero) is 1. The second-order valence-corrected chi connectivity index (χ2v) is 7.34. The number of carbonyl (C=O) groups excluding carboxylic acids is 1. The molecule has 1 aromatic carbocycles. The number of nitrogens with one attached hydrogen (secondary N) is 1. The van der Waals surface area contributed by atoms with Gasteiger partial charge in [-0.25, -0.2) is 0 Å². The summed E-state index contributed by atoms with van der Waals surface area (Å²) in [5.41, 5.74) is 2.76. The number of benzene rings is 1. The first-order valence-corrected chi connectivity index (χ1v) is 8.98. The minimum Gasteiger partial charge on any atom is -0.511 e. The van der Waals surface area contributed by atoms with Crippen LogP contribution in [0.15, 0.2) is 40.6 Å². The van der Waals surface area contributed by atoms with E-state index in [-0.39, 0.29) is 23.5 Å². The summed E-state index contributed by atoms with van der Waals surface area (Å²) in [5, 5.41) is 14.0. The first-order valence-electron chi connectivity index (χ1n) is 8.98. The number of nitrogens with zero attached hydrogens (tertiary/aromatic N) is 1. The van der Waals surface area contributed by atoms with Gasteiger partial charge in [-0.3, -0.25) is 9.79 Å². The molecule has 1 aromatic rings. The van der Waals surface area contributed by atoms with Crippen LogP contribution >= 0.6 is 0 Å². The van der Waals surface area contributed by atoms with Crippen molar-refractivity contribution < 1.29 is 9.90 Å². The van der Waals surface area contributed by atoms with Crippen LogP contribution in [0.2, 0.25) is 0 Å². The second-order valence-electron chi connectivity index (χ2n) is 7.34. The molecule has 2 N–H and O–H groups in total. The molecular weight excluding hydrogens is 300 g/mol. The van der Waals surface area contributed by atoms with E-state index < -0.39 is 0 Å². The zero-order valence-corrected chi connectivity index (χ0v) is 14.1. The molecule has 1 heterocycles. The molecule has 1 saturated carbocycles. The fourth-order valence-electron chi connectivity index (χ4n) is 4.19. The van der Waals surface area contributed by atoms with Crippen LogP contribution in [-0.2, 0) is 4.79 Å². The SMILES string of the molecule is Cc1ccc(C2CC(=O)C(C3=N[C@@H]4CCCC[C@H]4N3)=C(O)C2)cc1. The summed E-state index contributed by atoms with van der Waals surface area (Å²) in [7, 11) is 0. The molecule has 4 nitrogen and oxygen atoms in total. The van der Waals surface area contributed by atoms with Gasteiger partial charge >= 0.3 is 0 Å². The van der Waals surface area contributed by atoms with Gasteiger partial charge in [-0.1, -0.05) is 42.7 Å². The van der Waals surface area contributed by atoms with Crippen LogP contribution in [0.4, 0.5) is 0 Å². The average molecular weight is 324 g/mol. The standard InChI is InChI=1S/C20H24N2O2/c1-12-6-8-13(9-7-12)14-10-17(23)19(18(24)11-14)20-21-15-4-2-3-5-16(15)22-20/h6-9,14-16,23H,2-5,10-11H2,1H3,(H,21,22)/t14?,15-,16-/m1/s1. The highest BCUT2D eigenvalue weighted by Gasteiger charge is 2.37. The molecule has 2 aliphatic carbocycles. The summed E-state index contributed by atoms with van der Waals surface area (Å²) in [6, 6.07) is 8.86. The van der Waals surface area contributed by atoms with E-state index in [0.29, 0.717) is 30.3 Å². The van der Waals surface area contributed by atoms with Crippen LogP contribution in [0.3, 0.4) is 0 Å². The summed E-state index contributed by atoms with van der Waals surface area (Å²) >= 11 is 0. The molecule has 1 aliphatic heterocycles. The van der Waals surface area contributed by atoms with Crippen molar-refractivity contribution in [1.82, 2.24) is 5.32 Å². The minimum absolute atomic E-state index is 0.00854. The second kappa shape index (κ2) is 6.08. The molecule has 1 fully saturated rings. The molecule has 4 heteroatoms. The number of aliphatic hydroxyl groups is 1. The number of fused-ring (bicyclic) bond motifs is 1. The van der Waals surface area contributed by atoms with Gasteiger partial charge in [-0.15, -0.1) is 0 Å². The van der Waals surface area contributed by atoms with Gasteiger partial charge < -0.3 is 10.4 Å². The van der Waals surface area contributed by atoms with Gasteiger partial charge in [0.15, 0.2) is 5.78 Å². The average Bonchev–Trinajstić information content (AvgIpc) is 2.98. The Morgan fingerprint density at radius 3 is 2.58 bits per heavy atom. The van der Waals surface area contributed by atoms with E-state index in [1.54, 1.807) is 0 Å². The quantitative estimate of drug-likeness (QED) is 0.874. The number of aliphatic hydroxyl groups excluding tert-OH is 1. The van der Waals surface area contributed by atoms with E-state index in [1.807, 2.05) is 0 Å². The number of allylic oxidation sites excluding steroid dienone is 1. The van der Waals surface area contributed by atoms with E-state index in [4.69, 9.17) is 4.99 Å². The normalized spacial score (nSPS) is 30.0. The van der Waals surface area contributed by atoms with Gasteiger partial charge in [-0.05, 0) is 31.2 Å². The summed E-state index contributed by atoms with van der Waals surface area (Å²) in [6.07, 6.45) is 5.56. The minimum atomic E-state index is 0.00854. The number of rotatable bonds is 2. The zero-order chi connectivity index (χ0) is 16.7. The van der Waals surface area contributed by atoms with Gasteiger partial charge in [0.05, 0.1) is 11.6 Å². The van der Waals surface area contributed by atoms with Crippen molar-refractivity contribution in [2.75, 3.05) is 0 Å². The van der Waals surface area contributed by atoms with Crippen molar-refractivity contribution in [2.24, 2.45) is 4.99 Å². The van der Waals surface area contributed by atoms with Crippen LogP contribution in [0, 0.1) is 6.92 Å². The van der Waals surface area contributed by atoms with Gasteiger partial charge in [0, 0.05) is 18.9 Å². The van der Waals surface area contributed by atoms with Gasteiger partial charge in [0.25, 0.3) is 0 Å². The van der Waals surface area contributed by atoms with Gasteiger partial charge in [-0.2, -0.15) is 0 Å². The molecule has 3 aliphatic rings. The Kier molecular flexibility index (Phi) is 3.91. The van der Waals surface area contributed by atoms with Crippen molar-refractivity contribution in [3.05, 3.63) is 46.7 Å². The third-order valence-electron chi connectivity index (χ3n) is 5.57. The molecule has 126 valence electrons. The number of hydrogen-bond donors (Lipinski definition) is 2. The number of ketones is 1. The van der Waals surface area contributed by atoms with Crippen molar-refractivity contribution in [3.8, 4) is 0 Å². The first-order chi connectivity index (χ1) is 11.6. The van der Waals surface area contributed by atoms with Gasteiger partial charge in [0.2, 0.25) is 0 Å². The van der Waals surface area contributed by atoms with E-state index in [9.17, 15) is 9.90 Å². The lowest BCUT2D eigenvalue weighted by molar-refractivity contribution is -0.116. The van der Waals surface area contributed by atoms with E-state index in [2.05, 4.69) is 36.5 Å². The maximum atomic E-state index is 12.7. The Balaban J connectivity index is 1.57. The summed E-state index contributed by atoms with van der Waals surface area (Å²) in [4.78, 5) is 17.4. The molecule has 24 heavy (non-hydrogen) atoms. The third-order valence-corrected chi connectivity index (χ3v) is 5.57. The van der Waals surface area contributed by atoms with Crippen LogP contribution in [0.1, 0.15) is 55.6 Å². The Morgan fingerprint density at radius 2 is 1.88 bits per heavy atom. The van der Waals surface area contributed by atoms with Crippen LogP contribution in [0.5, 0.6) is 0 Å². The highest BCUT2D eigenvalue weighted by molar-refractivity contribution is 6.23. The molecule has 0 aromatic heterocycles. The predicted molar refractivity (Wildman–Crippen MR) is 94.4 cm³/mol. The van der Waals surface area contributed by atoms with Crippen LogP contribution < -0.4 is 5.32 Å². The molecule has 0 saturated heterocycles. The maximum absolute atomic E-state index is 12.7. The lowest BCUT2D eigenvalue weighted by Gasteiger charge is -2.25. The Morgan fingerprint density at radius 1 is 1.12 bits per heavy atom. The van der Waals surface area contributed by atoms with Crippen molar-refractivity contribution in [2.45, 2.75) is 63.5 Å². The Labute approximate surface area is 142 Å². The molecule has 0 spiro atoms. The summed E-state index contributed by atoms with van der Waals surface area (Å²) < 4.78 is 0. The zero-order valence-electron chi connectivity index (χ0n) is 14.1. The predicted octanol–water partition coefficient (Wildman–Crippen LogP) is 3.57. The molecular formula is C20H24N2O2. The molecule has 1 unspecified atom stereocenters. The number of aliphatic imine (C=N–C) groups is 1. The number of hydrogen-bond acceptors (Lipinski definition) is 4. The van der Waals surface area contributed by atoms with Crippen molar-refractivity contribution in [3.63, 3.8) is 0 Å². The number of aryl methyl sites for hydroxylation is 1. The smallest absolute Gasteiger partial charge is 0.170 e. The van der Waals surface area contributed by atoms with Crippen molar-refractivity contribution in [1.29, 1.82) is 0 Å². The third kappa shape index (κ3) is 2.74. The largest absolute Gasteiger partial charge is 0.511 e. The highest BCUT2D eigenvalue weighted by atomic mass is 16.3. The van der Waals surface area contributed by atoms with Crippen LogP contribution in [0.25, 0.3) is 0 Å². The topological polar surface area (TPSA) is 61.7 Å².